The van der Waals surface area contributed by atoms with Crippen molar-refractivity contribution in [3.63, 3.8) is 0 Å². The van der Waals surface area contributed by atoms with Crippen LogP contribution in [0.15, 0.2) is 63.6 Å². The highest BCUT2D eigenvalue weighted by Crippen LogP contribution is 2.44. The summed E-state index contributed by atoms with van der Waals surface area (Å²) in [5.74, 6) is -5.60. The zero-order chi connectivity index (χ0) is 27.8. The number of nitrogens with zero attached hydrogens (tertiary/aromatic N) is 3. The van der Waals surface area contributed by atoms with Crippen LogP contribution in [0.25, 0.3) is 34.3 Å². The van der Waals surface area contributed by atoms with Crippen molar-refractivity contribution in [1.82, 2.24) is 20.6 Å². The van der Waals surface area contributed by atoms with Gasteiger partial charge in [-0.15, -0.1) is 0 Å². The molecule has 3 heterocycles. The summed E-state index contributed by atoms with van der Waals surface area (Å²) in [4.78, 5) is 15.9. The molecule has 0 radical (unpaired) electrons. The van der Waals surface area contributed by atoms with E-state index in [9.17, 15) is 28.2 Å². The number of piperidine rings is 1. The minimum absolute atomic E-state index is 0.0197. The van der Waals surface area contributed by atoms with Crippen LogP contribution in [0.1, 0.15) is 30.4 Å². The fourth-order valence-electron chi connectivity index (χ4n) is 4.73. The molecule has 5 rings (SSSR count). The second-order valence-corrected chi connectivity index (χ2v) is 9.40. The van der Waals surface area contributed by atoms with Crippen LogP contribution in [0.4, 0.5) is 17.6 Å². The molecule has 0 amide bonds. The molecule has 1 aliphatic rings. The first-order valence-electron chi connectivity index (χ1n) is 11.9. The van der Waals surface area contributed by atoms with Crippen LogP contribution >= 0.6 is 0 Å². The molecular weight excluding hydrogens is 524 g/mol. The minimum atomic E-state index is -4.84. The van der Waals surface area contributed by atoms with E-state index in [0.29, 0.717) is 13.0 Å². The maximum Gasteiger partial charge on any atom is 0.422 e. The summed E-state index contributed by atoms with van der Waals surface area (Å²) in [7, 11) is 0. The molecule has 0 spiro atoms. The molecule has 1 aliphatic heterocycles. The van der Waals surface area contributed by atoms with Crippen LogP contribution < -0.4 is 5.32 Å². The van der Waals surface area contributed by atoms with Crippen molar-refractivity contribution in [1.29, 1.82) is 0 Å². The van der Waals surface area contributed by atoms with Crippen LogP contribution in [0, 0.1) is 5.41 Å². The van der Waals surface area contributed by atoms with Crippen LogP contribution in [-0.2, 0) is 16.8 Å². The SMILES string of the molecule is O=C(O)C1(CC(O)(F)c2ccc(-c3noc(-c4onc(-c5ccccc5)c4C(F)(F)F)n3)cc2)CCCNC1. The molecule has 204 valence electrons. The molecule has 0 aliphatic carbocycles. The normalized spacial score (nSPS) is 19.5. The number of alkyl halides is 4. The van der Waals surface area contributed by atoms with Gasteiger partial charge in [0.05, 0.1) is 5.41 Å². The first-order chi connectivity index (χ1) is 18.5. The first-order valence-corrected chi connectivity index (χ1v) is 11.9. The Hall–Kier alpha value is -4.10. The summed E-state index contributed by atoms with van der Waals surface area (Å²) >= 11 is 0. The molecule has 2 aromatic heterocycles. The van der Waals surface area contributed by atoms with Gasteiger partial charge in [0.1, 0.15) is 11.3 Å². The lowest BCUT2D eigenvalue weighted by Crippen LogP contribution is -2.48. The van der Waals surface area contributed by atoms with E-state index in [1.807, 2.05) is 0 Å². The molecule has 4 aromatic rings. The average molecular weight is 546 g/mol. The van der Waals surface area contributed by atoms with Crippen molar-refractivity contribution in [3.05, 3.63) is 65.7 Å². The van der Waals surface area contributed by atoms with Gasteiger partial charge in [-0.2, -0.15) is 18.2 Å². The molecule has 0 saturated carbocycles. The number of aliphatic hydroxyl groups is 1. The molecule has 1 saturated heterocycles. The fourth-order valence-corrected chi connectivity index (χ4v) is 4.73. The number of halogens is 4. The van der Waals surface area contributed by atoms with Crippen molar-refractivity contribution in [2.45, 2.75) is 31.3 Å². The Balaban J connectivity index is 1.41. The number of hydrogen-bond acceptors (Lipinski definition) is 8. The Morgan fingerprint density at radius 3 is 2.33 bits per heavy atom. The van der Waals surface area contributed by atoms with E-state index in [1.165, 1.54) is 36.4 Å². The standard InChI is InChI=1S/C26H22F4N4O5/c27-25(37,13-24(23(35)36)11-4-12-31-14-24)17-9-7-16(8-10-17)21-32-22(39-34-21)20-18(26(28,29)30)19(33-38-20)15-5-2-1-3-6-15/h1-3,5-10,31,37H,4,11-14H2,(H,35,36). The smallest absolute Gasteiger partial charge is 0.422 e. The lowest BCUT2D eigenvalue weighted by atomic mass is 9.74. The second kappa shape index (κ2) is 9.89. The number of aromatic nitrogens is 3. The van der Waals surface area contributed by atoms with Crippen LogP contribution in [0.3, 0.4) is 0 Å². The summed E-state index contributed by atoms with van der Waals surface area (Å²) in [5.41, 5.74) is -2.85. The maximum atomic E-state index is 15.4. The van der Waals surface area contributed by atoms with Gasteiger partial charge >= 0.3 is 12.1 Å². The highest BCUT2D eigenvalue weighted by atomic mass is 19.4. The molecular formula is C26H22F4N4O5. The molecule has 13 heteroatoms. The van der Waals surface area contributed by atoms with Gasteiger partial charge in [-0.05, 0) is 19.4 Å². The molecule has 0 bridgehead atoms. The summed E-state index contributed by atoms with van der Waals surface area (Å²) in [6.45, 7) is 0.624. The third-order valence-electron chi connectivity index (χ3n) is 6.73. The maximum absolute atomic E-state index is 15.4. The predicted octanol–water partition coefficient (Wildman–Crippen LogP) is 5.04. The van der Waals surface area contributed by atoms with Crippen molar-refractivity contribution < 1.29 is 41.6 Å². The van der Waals surface area contributed by atoms with Gasteiger partial charge in [-0.25, -0.2) is 4.39 Å². The highest BCUT2D eigenvalue weighted by Gasteiger charge is 2.48. The monoisotopic (exact) mass is 546 g/mol. The number of carbonyl (C=O) groups is 1. The lowest BCUT2D eigenvalue weighted by molar-refractivity contribution is -0.169. The van der Waals surface area contributed by atoms with Crippen LogP contribution in [0.5, 0.6) is 0 Å². The number of aliphatic carboxylic acids is 1. The molecule has 9 nitrogen and oxygen atoms in total. The number of benzene rings is 2. The van der Waals surface area contributed by atoms with E-state index in [2.05, 4.69) is 20.6 Å². The largest absolute Gasteiger partial charge is 0.481 e. The zero-order valence-corrected chi connectivity index (χ0v) is 20.2. The quantitative estimate of drug-likeness (QED) is 0.273. The van der Waals surface area contributed by atoms with Gasteiger partial charge < -0.3 is 24.6 Å². The molecule has 2 atom stereocenters. The molecule has 2 aromatic carbocycles. The second-order valence-electron chi connectivity index (χ2n) is 9.40. The van der Waals surface area contributed by atoms with Gasteiger partial charge in [-0.1, -0.05) is 64.9 Å². The zero-order valence-electron chi connectivity index (χ0n) is 20.2. The molecule has 39 heavy (non-hydrogen) atoms. The third-order valence-corrected chi connectivity index (χ3v) is 6.73. The van der Waals surface area contributed by atoms with Crippen molar-refractivity contribution in [3.8, 4) is 34.3 Å². The predicted molar refractivity (Wildman–Crippen MR) is 127 cm³/mol. The van der Waals surface area contributed by atoms with E-state index >= 15 is 4.39 Å². The lowest BCUT2D eigenvalue weighted by Gasteiger charge is -2.37. The fraction of sp³-hybridized carbons (Fsp3) is 0.308. The van der Waals surface area contributed by atoms with Crippen LogP contribution in [0.2, 0.25) is 0 Å². The highest BCUT2D eigenvalue weighted by molar-refractivity contribution is 5.75. The molecule has 1 fully saturated rings. The summed E-state index contributed by atoms with van der Waals surface area (Å²) in [6.07, 6.45) is -4.78. The van der Waals surface area contributed by atoms with Gasteiger partial charge in [-0.3, -0.25) is 4.79 Å². The van der Waals surface area contributed by atoms with Crippen molar-refractivity contribution in [2.24, 2.45) is 5.41 Å². The van der Waals surface area contributed by atoms with E-state index in [0.717, 1.165) is 0 Å². The van der Waals surface area contributed by atoms with E-state index in [4.69, 9.17) is 9.05 Å². The number of nitrogens with one attached hydrogen (secondary N) is 1. The van der Waals surface area contributed by atoms with Gasteiger partial charge in [0.2, 0.25) is 17.4 Å². The minimum Gasteiger partial charge on any atom is -0.481 e. The van der Waals surface area contributed by atoms with Gasteiger partial charge in [0, 0.05) is 29.7 Å². The Morgan fingerprint density at radius 1 is 1.00 bits per heavy atom. The number of rotatable bonds is 7. The van der Waals surface area contributed by atoms with Gasteiger partial charge in [0.15, 0.2) is 0 Å². The first kappa shape index (κ1) is 26.5. The van der Waals surface area contributed by atoms with E-state index < -0.39 is 52.7 Å². The van der Waals surface area contributed by atoms with Crippen molar-refractivity contribution in [2.75, 3.05) is 13.1 Å². The Bertz CT molecular complexity index is 1460. The van der Waals surface area contributed by atoms with Crippen LogP contribution in [-0.4, -0.2) is 44.6 Å². The third kappa shape index (κ3) is 5.14. The molecule has 3 N–H and O–H groups in total. The summed E-state index contributed by atoms with van der Waals surface area (Å²) in [5, 5.41) is 30.4. The van der Waals surface area contributed by atoms with E-state index in [1.54, 1.807) is 18.2 Å². The Morgan fingerprint density at radius 2 is 1.72 bits per heavy atom. The average Bonchev–Trinajstić information content (AvgIpc) is 3.57. The molecule has 2 unspecified atom stereocenters. The number of carboxylic acids is 1. The topological polar surface area (TPSA) is 135 Å². The Labute approximate surface area is 218 Å². The van der Waals surface area contributed by atoms with E-state index in [-0.39, 0.29) is 35.5 Å². The van der Waals surface area contributed by atoms with Crippen molar-refractivity contribution >= 4 is 5.97 Å². The Kier molecular flexibility index (Phi) is 6.72. The number of hydrogen-bond donors (Lipinski definition) is 3. The summed E-state index contributed by atoms with van der Waals surface area (Å²) in [6, 6.07) is 12.8. The van der Waals surface area contributed by atoms with Gasteiger partial charge in [0.25, 0.3) is 5.89 Å². The summed E-state index contributed by atoms with van der Waals surface area (Å²) < 4.78 is 67.2. The number of carboxylic acid groups (broad SMARTS) is 1.